The van der Waals surface area contributed by atoms with Crippen LogP contribution in [0.1, 0.15) is 25.1 Å². The van der Waals surface area contributed by atoms with E-state index < -0.39 is 6.10 Å². The van der Waals surface area contributed by atoms with Crippen molar-refractivity contribution in [2.75, 3.05) is 18.0 Å². The SMILES string of the molecule is CCC(O)c1ccc(N(CC#N)CC#N)cn1. The average Bonchev–Trinajstić information content (AvgIpc) is 2.38. The summed E-state index contributed by atoms with van der Waals surface area (Å²) in [5.41, 5.74) is 1.31. The lowest BCUT2D eigenvalue weighted by Crippen LogP contribution is -2.23. The van der Waals surface area contributed by atoms with Gasteiger partial charge in [-0.15, -0.1) is 0 Å². The largest absolute Gasteiger partial charge is 0.387 e. The van der Waals surface area contributed by atoms with Crippen LogP contribution in [0.5, 0.6) is 0 Å². The third-order valence-electron chi connectivity index (χ3n) is 2.39. The van der Waals surface area contributed by atoms with Gasteiger partial charge in [0, 0.05) is 0 Å². The molecular formula is C12H14N4O. The third kappa shape index (κ3) is 3.44. The molecule has 0 spiro atoms. The van der Waals surface area contributed by atoms with Crippen molar-refractivity contribution in [1.82, 2.24) is 4.98 Å². The van der Waals surface area contributed by atoms with E-state index in [2.05, 4.69) is 4.98 Å². The second-order valence-corrected chi connectivity index (χ2v) is 3.54. The van der Waals surface area contributed by atoms with Crippen LogP contribution in [-0.4, -0.2) is 23.2 Å². The van der Waals surface area contributed by atoms with Gasteiger partial charge in [0.2, 0.25) is 0 Å². The highest BCUT2D eigenvalue weighted by molar-refractivity contribution is 5.46. The number of nitrogens with zero attached hydrogens (tertiary/aromatic N) is 4. The van der Waals surface area contributed by atoms with Crippen molar-refractivity contribution in [3.63, 3.8) is 0 Å². The lowest BCUT2D eigenvalue weighted by molar-refractivity contribution is 0.169. The zero-order valence-corrected chi connectivity index (χ0v) is 9.67. The lowest BCUT2D eigenvalue weighted by Gasteiger charge is -2.18. The Morgan fingerprint density at radius 3 is 2.41 bits per heavy atom. The highest BCUT2D eigenvalue weighted by Crippen LogP contribution is 2.17. The molecule has 17 heavy (non-hydrogen) atoms. The zero-order chi connectivity index (χ0) is 12.7. The van der Waals surface area contributed by atoms with Crippen LogP contribution in [0.4, 0.5) is 5.69 Å². The van der Waals surface area contributed by atoms with E-state index in [9.17, 15) is 5.11 Å². The molecular weight excluding hydrogens is 216 g/mol. The van der Waals surface area contributed by atoms with Gasteiger partial charge in [0.25, 0.3) is 0 Å². The van der Waals surface area contributed by atoms with E-state index in [0.717, 1.165) is 0 Å². The molecule has 1 unspecified atom stereocenters. The van der Waals surface area contributed by atoms with Gasteiger partial charge in [-0.1, -0.05) is 6.92 Å². The summed E-state index contributed by atoms with van der Waals surface area (Å²) in [4.78, 5) is 5.74. The lowest BCUT2D eigenvalue weighted by atomic mass is 10.2. The first-order valence-electron chi connectivity index (χ1n) is 5.35. The molecule has 1 aromatic rings. The molecule has 5 nitrogen and oxygen atoms in total. The summed E-state index contributed by atoms with van der Waals surface area (Å²) < 4.78 is 0. The Hall–Kier alpha value is -2.11. The van der Waals surface area contributed by atoms with Crippen molar-refractivity contribution in [3.8, 4) is 12.1 Å². The van der Waals surface area contributed by atoms with Gasteiger partial charge in [0.1, 0.15) is 13.1 Å². The van der Waals surface area contributed by atoms with Crippen molar-refractivity contribution in [1.29, 1.82) is 10.5 Å². The molecule has 88 valence electrons. The Kier molecular flexibility index (Phi) is 4.93. The van der Waals surface area contributed by atoms with Gasteiger partial charge < -0.3 is 10.0 Å². The van der Waals surface area contributed by atoms with E-state index in [1.54, 1.807) is 23.2 Å². The number of hydrogen-bond donors (Lipinski definition) is 1. The van der Waals surface area contributed by atoms with Gasteiger partial charge in [0.15, 0.2) is 0 Å². The molecule has 1 heterocycles. The predicted molar refractivity (Wildman–Crippen MR) is 62.9 cm³/mol. The fraction of sp³-hybridized carbons (Fsp3) is 0.417. The molecule has 0 bridgehead atoms. The maximum Gasteiger partial charge on any atom is 0.107 e. The summed E-state index contributed by atoms with van der Waals surface area (Å²) in [5, 5.41) is 26.9. The minimum absolute atomic E-state index is 0.144. The topological polar surface area (TPSA) is 83.9 Å². The minimum atomic E-state index is -0.565. The molecule has 1 rings (SSSR count). The van der Waals surface area contributed by atoms with Gasteiger partial charge in [0.05, 0.1) is 35.8 Å². The number of hydrogen-bond acceptors (Lipinski definition) is 5. The van der Waals surface area contributed by atoms with Gasteiger partial charge in [-0.2, -0.15) is 10.5 Å². The standard InChI is InChI=1S/C12H14N4O/c1-2-12(17)11-4-3-10(9-15-11)16(7-5-13)8-6-14/h3-4,9,12,17H,2,7-8H2,1H3. The summed E-state index contributed by atoms with van der Waals surface area (Å²) >= 11 is 0. The van der Waals surface area contributed by atoms with Crippen molar-refractivity contribution >= 4 is 5.69 Å². The molecule has 0 aliphatic carbocycles. The van der Waals surface area contributed by atoms with Crippen LogP contribution < -0.4 is 4.90 Å². The number of nitriles is 2. The second kappa shape index (κ2) is 6.47. The quantitative estimate of drug-likeness (QED) is 0.772. The van der Waals surface area contributed by atoms with Crippen LogP contribution in [0.3, 0.4) is 0 Å². The summed E-state index contributed by atoms with van der Waals surface area (Å²) in [5.74, 6) is 0. The number of aliphatic hydroxyl groups excluding tert-OH is 1. The molecule has 0 saturated carbocycles. The van der Waals surface area contributed by atoms with E-state index in [4.69, 9.17) is 10.5 Å². The van der Waals surface area contributed by atoms with E-state index in [-0.39, 0.29) is 13.1 Å². The number of pyridine rings is 1. The molecule has 0 radical (unpaired) electrons. The molecule has 0 amide bonds. The maximum absolute atomic E-state index is 9.58. The fourth-order valence-corrected chi connectivity index (χ4v) is 1.40. The number of aromatic nitrogens is 1. The minimum Gasteiger partial charge on any atom is -0.387 e. The normalized spacial score (nSPS) is 11.3. The third-order valence-corrected chi connectivity index (χ3v) is 2.39. The molecule has 0 aromatic carbocycles. The van der Waals surface area contributed by atoms with Crippen LogP contribution in [-0.2, 0) is 0 Å². The summed E-state index contributed by atoms with van der Waals surface area (Å²) in [6, 6.07) is 7.47. The van der Waals surface area contributed by atoms with Gasteiger partial charge in [-0.05, 0) is 18.6 Å². The molecule has 1 N–H and O–H groups in total. The van der Waals surface area contributed by atoms with Crippen molar-refractivity contribution in [3.05, 3.63) is 24.0 Å². The van der Waals surface area contributed by atoms with E-state index in [1.807, 2.05) is 19.1 Å². The Labute approximate surface area is 101 Å². The van der Waals surface area contributed by atoms with E-state index in [0.29, 0.717) is 17.8 Å². The van der Waals surface area contributed by atoms with Gasteiger partial charge >= 0.3 is 0 Å². The van der Waals surface area contributed by atoms with Crippen LogP contribution in [0.25, 0.3) is 0 Å². The second-order valence-electron chi connectivity index (χ2n) is 3.54. The monoisotopic (exact) mass is 230 g/mol. The Bertz CT molecular complexity index is 413. The molecule has 0 fully saturated rings. The zero-order valence-electron chi connectivity index (χ0n) is 9.67. The van der Waals surface area contributed by atoms with Crippen LogP contribution in [0.15, 0.2) is 18.3 Å². The molecule has 0 aliphatic rings. The first-order chi connectivity index (χ1) is 8.22. The average molecular weight is 230 g/mol. The molecule has 0 aliphatic heterocycles. The Morgan fingerprint density at radius 1 is 1.35 bits per heavy atom. The first-order valence-corrected chi connectivity index (χ1v) is 5.35. The summed E-state index contributed by atoms with van der Waals surface area (Å²) in [7, 11) is 0. The van der Waals surface area contributed by atoms with Crippen molar-refractivity contribution in [2.24, 2.45) is 0 Å². The van der Waals surface area contributed by atoms with Crippen molar-refractivity contribution < 1.29 is 5.11 Å². The smallest absolute Gasteiger partial charge is 0.107 e. The molecule has 1 aromatic heterocycles. The molecule has 1 atom stereocenters. The van der Waals surface area contributed by atoms with E-state index in [1.165, 1.54) is 0 Å². The fourth-order valence-electron chi connectivity index (χ4n) is 1.40. The maximum atomic E-state index is 9.58. The predicted octanol–water partition coefficient (Wildman–Crippen LogP) is 1.38. The summed E-state index contributed by atoms with van der Waals surface area (Å²) in [6.07, 6.45) is 1.61. The highest BCUT2D eigenvalue weighted by atomic mass is 16.3. The first kappa shape index (κ1) is 13.0. The van der Waals surface area contributed by atoms with Crippen LogP contribution >= 0.6 is 0 Å². The van der Waals surface area contributed by atoms with E-state index >= 15 is 0 Å². The van der Waals surface area contributed by atoms with Gasteiger partial charge in [-0.25, -0.2) is 0 Å². The highest BCUT2D eigenvalue weighted by Gasteiger charge is 2.09. The molecule has 0 saturated heterocycles. The Balaban J connectivity index is 2.85. The Morgan fingerprint density at radius 2 is 2.00 bits per heavy atom. The number of aliphatic hydroxyl groups is 1. The number of anilines is 1. The van der Waals surface area contributed by atoms with Crippen LogP contribution in [0.2, 0.25) is 0 Å². The molecule has 5 heteroatoms. The summed E-state index contributed by atoms with van der Waals surface area (Å²) in [6.45, 7) is 2.16. The van der Waals surface area contributed by atoms with Crippen molar-refractivity contribution in [2.45, 2.75) is 19.4 Å². The number of rotatable bonds is 5. The van der Waals surface area contributed by atoms with Gasteiger partial charge in [-0.3, -0.25) is 4.98 Å². The van der Waals surface area contributed by atoms with Crippen LogP contribution in [0, 0.1) is 22.7 Å².